The van der Waals surface area contributed by atoms with Gasteiger partial charge in [-0.1, -0.05) is 62.8 Å². The van der Waals surface area contributed by atoms with E-state index in [-0.39, 0.29) is 29.2 Å². The van der Waals surface area contributed by atoms with Crippen LogP contribution in [0.1, 0.15) is 73.1 Å². The average Bonchev–Trinajstić information content (AvgIpc) is 2.71. The van der Waals surface area contributed by atoms with Gasteiger partial charge in [0.1, 0.15) is 5.78 Å². The van der Waals surface area contributed by atoms with E-state index in [2.05, 4.69) is 58.6 Å². The zero-order valence-electron chi connectivity index (χ0n) is 19.9. The van der Waals surface area contributed by atoms with Gasteiger partial charge >= 0.3 is 5.97 Å². The molecule has 31 heavy (non-hydrogen) atoms. The van der Waals surface area contributed by atoms with Crippen LogP contribution < -0.4 is 0 Å². The van der Waals surface area contributed by atoms with E-state index < -0.39 is 5.41 Å². The van der Waals surface area contributed by atoms with Gasteiger partial charge in [0.2, 0.25) is 0 Å². The lowest BCUT2D eigenvalue weighted by Crippen LogP contribution is -2.59. The highest BCUT2D eigenvalue weighted by molar-refractivity contribution is 5.86. The lowest BCUT2D eigenvalue weighted by atomic mass is 9.40. The molecule has 0 aliphatic heterocycles. The third kappa shape index (κ3) is 3.22. The first kappa shape index (κ1) is 22.3. The lowest BCUT2D eigenvalue weighted by molar-refractivity contribution is -0.158. The van der Waals surface area contributed by atoms with Gasteiger partial charge in [0, 0.05) is 24.2 Å². The Bertz CT molecular complexity index is 905. The highest BCUT2D eigenvalue weighted by atomic mass is 16.5. The molecule has 0 saturated heterocycles. The molecule has 168 valence electrons. The number of allylic oxidation sites excluding steroid dienone is 7. The molecule has 0 aromatic carbocycles. The van der Waals surface area contributed by atoms with Crippen LogP contribution in [0.3, 0.4) is 0 Å². The minimum atomic E-state index is -0.397. The number of hydrogen-bond donors (Lipinski definition) is 0. The van der Waals surface area contributed by atoms with E-state index in [0.29, 0.717) is 24.2 Å². The Hall–Kier alpha value is -1.90. The molecule has 0 heterocycles. The SMILES string of the molecule is C=C1C=C[C@@]2(C)C(=C1)CCC1C2=CC[C@@]2(C)C1CC[C@@H](C)[C@]2(C)C(=O)CCOC(C)=O. The van der Waals surface area contributed by atoms with Crippen LogP contribution in [-0.2, 0) is 14.3 Å². The first-order chi connectivity index (χ1) is 14.5. The molecule has 0 spiro atoms. The molecule has 0 N–H and O–H groups in total. The van der Waals surface area contributed by atoms with Crippen molar-refractivity contribution in [2.45, 2.75) is 73.1 Å². The third-order valence-corrected chi connectivity index (χ3v) is 9.73. The molecule has 0 aromatic heterocycles. The zero-order chi connectivity index (χ0) is 22.6. The highest BCUT2D eigenvalue weighted by Crippen LogP contribution is 2.67. The van der Waals surface area contributed by atoms with Crippen molar-refractivity contribution in [2.24, 2.45) is 34.0 Å². The van der Waals surface area contributed by atoms with Crippen LogP contribution in [0.2, 0.25) is 0 Å². The van der Waals surface area contributed by atoms with E-state index in [4.69, 9.17) is 4.74 Å². The molecule has 0 bridgehead atoms. The molecular weight excluding hydrogens is 384 g/mol. The number of fused-ring (bicyclic) bond motifs is 5. The fourth-order valence-electron chi connectivity index (χ4n) is 7.50. The summed E-state index contributed by atoms with van der Waals surface area (Å²) in [5, 5.41) is 0. The Morgan fingerprint density at radius 1 is 1.19 bits per heavy atom. The van der Waals surface area contributed by atoms with Crippen molar-refractivity contribution < 1.29 is 14.3 Å². The second kappa shape index (κ2) is 7.60. The van der Waals surface area contributed by atoms with Crippen LogP contribution >= 0.6 is 0 Å². The number of rotatable bonds is 4. The van der Waals surface area contributed by atoms with E-state index in [9.17, 15) is 9.59 Å². The van der Waals surface area contributed by atoms with Gasteiger partial charge in [0.15, 0.2) is 0 Å². The average molecular weight is 423 g/mol. The largest absolute Gasteiger partial charge is 0.465 e. The Balaban J connectivity index is 1.69. The quantitative estimate of drug-likeness (QED) is 0.391. The molecule has 3 nitrogen and oxygen atoms in total. The molecular formula is C28H38O3. The Morgan fingerprint density at radius 3 is 2.65 bits per heavy atom. The van der Waals surface area contributed by atoms with E-state index in [1.165, 1.54) is 25.3 Å². The third-order valence-electron chi connectivity index (χ3n) is 9.73. The summed E-state index contributed by atoms with van der Waals surface area (Å²) in [6.07, 6.45) is 15.1. The van der Waals surface area contributed by atoms with E-state index in [1.807, 2.05) is 0 Å². The molecule has 4 rings (SSSR count). The van der Waals surface area contributed by atoms with Crippen molar-refractivity contribution in [2.75, 3.05) is 6.61 Å². The number of ketones is 1. The van der Waals surface area contributed by atoms with Crippen LogP contribution in [0, 0.1) is 34.0 Å². The maximum absolute atomic E-state index is 13.6. The molecule has 0 amide bonds. The smallest absolute Gasteiger partial charge is 0.302 e. The predicted octanol–water partition coefficient (Wildman–Crippen LogP) is 6.37. The molecule has 2 fully saturated rings. The molecule has 6 atom stereocenters. The van der Waals surface area contributed by atoms with Crippen LogP contribution in [0.5, 0.6) is 0 Å². The molecule has 2 unspecified atom stereocenters. The lowest BCUT2D eigenvalue weighted by Gasteiger charge is -2.62. The standard InChI is InChI=1S/C28H38O3/c1-18-11-14-26(4)21(17-18)8-9-22-23(26)12-15-27(5)24(22)10-7-19(2)28(27,6)25(30)13-16-31-20(3)29/h11-12,14,17,19,22,24H,1,7-10,13,15-16H2,2-6H3/t19-,22?,24?,26+,27+,28-/m1/s1. The van der Waals surface area contributed by atoms with E-state index in [1.54, 1.807) is 5.57 Å². The number of Topliss-reactive ketones (excluding diaryl/α,β-unsaturated/α-hetero) is 1. The van der Waals surface area contributed by atoms with Crippen LogP contribution in [0.15, 0.2) is 47.6 Å². The topological polar surface area (TPSA) is 43.4 Å². The van der Waals surface area contributed by atoms with Crippen LogP contribution in [-0.4, -0.2) is 18.4 Å². The van der Waals surface area contributed by atoms with Crippen molar-refractivity contribution in [3.05, 3.63) is 47.6 Å². The van der Waals surface area contributed by atoms with Crippen molar-refractivity contribution in [3.8, 4) is 0 Å². The van der Waals surface area contributed by atoms with Gasteiger partial charge in [-0.25, -0.2) is 0 Å². The fourth-order valence-corrected chi connectivity index (χ4v) is 7.50. The van der Waals surface area contributed by atoms with Gasteiger partial charge in [-0.15, -0.1) is 0 Å². The Kier molecular flexibility index (Phi) is 5.47. The minimum absolute atomic E-state index is 0.00420. The number of esters is 1. The summed E-state index contributed by atoms with van der Waals surface area (Å²) < 4.78 is 5.13. The van der Waals surface area contributed by atoms with Crippen molar-refractivity contribution in [1.82, 2.24) is 0 Å². The summed E-state index contributed by atoms with van der Waals surface area (Å²) in [6, 6.07) is 0. The number of carbonyl (C=O) groups excluding carboxylic acids is 2. The fraction of sp³-hybridized carbons (Fsp3) is 0.643. The second-order valence-corrected chi connectivity index (χ2v) is 11.0. The zero-order valence-corrected chi connectivity index (χ0v) is 19.9. The minimum Gasteiger partial charge on any atom is -0.465 e. The summed E-state index contributed by atoms with van der Waals surface area (Å²) in [7, 11) is 0. The van der Waals surface area contributed by atoms with Gasteiger partial charge in [0.25, 0.3) is 0 Å². The van der Waals surface area contributed by atoms with E-state index >= 15 is 0 Å². The Morgan fingerprint density at radius 2 is 1.94 bits per heavy atom. The van der Waals surface area contributed by atoms with Crippen molar-refractivity contribution in [3.63, 3.8) is 0 Å². The van der Waals surface area contributed by atoms with Gasteiger partial charge in [-0.05, 0) is 67.8 Å². The molecule has 2 saturated carbocycles. The van der Waals surface area contributed by atoms with Gasteiger partial charge in [-0.3, -0.25) is 9.59 Å². The highest BCUT2D eigenvalue weighted by Gasteiger charge is 2.62. The van der Waals surface area contributed by atoms with Gasteiger partial charge < -0.3 is 4.74 Å². The van der Waals surface area contributed by atoms with Crippen LogP contribution in [0.25, 0.3) is 0 Å². The predicted molar refractivity (Wildman–Crippen MR) is 124 cm³/mol. The number of carbonyl (C=O) groups is 2. The maximum Gasteiger partial charge on any atom is 0.302 e. The summed E-state index contributed by atoms with van der Waals surface area (Å²) in [5.74, 6) is 1.34. The summed E-state index contributed by atoms with van der Waals surface area (Å²) in [5.41, 5.74) is 3.71. The maximum atomic E-state index is 13.6. The molecule has 3 heteroatoms. The summed E-state index contributed by atoms with van der Waals surface area (Å²) in [6.45, 7) is 15.0. The van der Waals surface area contributed by atoms with Crippen LogP contribution in [0.4, 0.5) is 0 Å². The monoisotopic (exact) mass is 422 g/mol. The molecule has 0 radical (unpaired) electrons. The first-order valence-electron chi connectivity index (χ1n) is 12.0. The number of hydrogen-bond acceptors (Lipinski definition) is 3. The number of ether oxygens (including phenoxy) is 1. The molecule has 0 aromatic rings. The molecule has 4 aliphatic rings. The first-order valence-corrected chi connectivity index (χ1v) is 12.0. The van der Waals surface area contributed by atoms with Gasteiger partial charge in [0.05, 0.1) is 6.61 Å². The van der Waals surface area contributed by atoms with Gasteiger partial charge in [-0.2, -0.15) is 0 Å². The normalized spacial score (nSPS) is 41.3. The second-order valence-electron chi connectivity index (χ2n) is 11.0. The van der Waals surface area contributed by atoms with Crippen molar-refractivity contribution >= 4 is 11.8 Å². The molecule has 4 aliphatic carbocycles. The summed E-state index contributed by atoms with van der Waals surface area (Å²) >= 11 is 0. The van der Waals surface area contributed by atoms with Crippen molar-refractivity contribution in [1.29, 1.82) is 0 Å². The Labute approximate surface area is 187 Å². The van der Waals surface area contributed by atoms with E-state index in [0.717, 1.165) is 24.8 Å². The summed E-state index contributed by atoms with van der Waals surface area (Å²) in [4.78, 5) is 24.8.